The molecule has 22 heavy (non-hydrogen) atoms. The first-order chi connectivity index (χ1) is 10.5. The first-order valence-electron chi connectivity index (χ1n) is 6.82. The van der Waals surface area contributed by atoms with E-state index in [1.54, 1.807) is 24.3 Å². The first kappa shape index (κ1) is 14.1. The van der Waals surface area contributed by atoms with E-state index < -0.39 is 0 Å². The van der Waals surface area contributed by atoms with E-state index in [4.69, 9.17) is 4.74 Å². The van der Waals surface area contributed by atoms with Crippen LogP contribution in [0.2, 0.25) is 0 Å². The Labute approximate surface area is 127 Å². The largest absolute Gasteiger partial charge is 0.507 e. The number of phenols is 1. The molecule has 2 aromatic rings. The molecule has 0 atom stereocenters. The van der Waals surface area contributed by atoms with Crippen molar-refractivity contribution in [2.45, 2.75) is 6.92 Å². The number of benzene rings is 2. The van der Waals surface area contributed by atoms with E-state index >= 15 is 0 Å². The van der Waals surface area contributed by atoms with Crippen LogP contribution < -0.4 is 4.74 Å². The molecule has 0 saturated carbocycles. The highest BCUT2D eigenvalue weighted by Crippen LogP contribution is 2.36. The number of carbonyl (C=O) groups is 2. The van der Waals surface area contributed by atoms with Gasteiger partial charge in [-0.25, -0.2) is 0 Å². The molecule has 0 fully saturated rings. The summed E-state index contributed by atoms with van der Waals surface area (Å²) in [4.78, 5) is 25.3. The highest BCUT2D eigenvalue weighted by atomic mass is 16.5. The third-order valence-corrected chi connectivity index (χ3v) is 3.49. The van der Waals surface area contributed by atoms with Crippen LogP contribution >= 0.6 is 0 Å². The van der Waals surface area contributed by atoms with Crippen LogP contribution in [0.15, 0.2) is 48.6 Å². The van der Waals surface area contributed by atoms with Gasteiger partial charge in [0.25, 0.3) is 0 Å². The molecule has 0 spiro atoms. The van der Waals surface area contributed by atoms with E-state index in [9.17, 15) is 14.7 Å². The molecule has 1 aliphatic rings. The third kappa shape index (κ3) is 2.09. The lowest BCUT2D eigenvalue weighted by molar-refractivity contribution is 0.0973. The molecule has 0 heterocycles. The summed E-state index contributed by atoms with van der Waals surface area (Å²) in [5.41, 5.74) is 1.55. The van der Waals surface area contributed by atoms with Gasteiger partial charge in [0.2, 0.25) is 0 Å². The number of hydrogen-bond donors (Lipinski definition) is 1. The van der Waals surface area contributed by atoms with Crippen molar-refractivity contribution in [2.24, 2.45) is 0 Å². The Kier molecular flexibility index (Phi) is 3.29. The van der Waals surface area contributed by atoms with E-state index in [0.29, 0.717) is 5.75 Å². The molecule has 0 radical (unpaired) electrons. The van der Waals surface area contributed by atoms with Crippen molar-refractivity contribution in [3.05, 3.63) is 70.8 Å². The second-order valence-electron chi connectivity index (χ2n) is 5.28. The van der Waals surface area contributed by atoms with Gasteiger partial charge in [-0.05, 0) is 24.6 Å². The second kappa shape index (κ2) is 5.15. The monoisotopic (exact) mass is 294 g/mol. The fourth-order valence-electron chi connectivity index (χ4n) is 2.51. The van der Waals surface area contributed by atoms with Gasteiger partial charge < -0.3 is 9.84 Å². The molecule has 1 aliphatic carbocycles. The molecule has 110 valence electrons. The van der Waals surface area contributed by atoms with Crippen molar-refractivity contribution in [3.8, 4) is 11.5 Å². The average Bonchev–Trinajstić information content (AvgIpc) is 2.50. The van der Waals surface area contributed by atoms with Crippen LogP contribution in [0.4, 0.5) is 0 Å². The van der Waals surface area contributed by atoms with Gasteiger partial charge in [0.15, 0.2) is 11.6 Å². The van der Waals surface area contributed by atoms with Crippen LogP contribution in [-0.2, 0) is 0 Å². The fraction of sp³-hybridized carbons (Fsp3) is 0.111. The quantitative estimate of drug-likeness (QED) is 0.754. The van der Waals surface area contributed by atoms with Gasteiger partial charge in [-0.2, -0.15) is 0 Å². The number of rotatable bonds is 3. The van der Waals surface area contributed by atoms with Crippen LogP contribution in [-0.4, -0.2) is 23.3 Å². The highest BCUT2D eigenvalue weighted by Gasteiger charge is 2.34. The Morgan fingerprint density at radius 1 is 1.05 bits per heavy atom. The lowest BCUT2D eigenvalue weighted by atomic mass is 9.83. The van der Waals surface area contributed by atoms with Gasteiger partial charge in [0.1, 0.15) is 18.1 Å². The number of aromatic hydroxyl groups is 1. The number of carbonyl (C=O) groups excluding carboxylic acids is 2. The summed E-state index contributed by atoms with van der Waals surface area (Å²) in [5, 5.41) is 9.90. The summed E-state index contributed by atoms with van der Waals surface area (Å²) in [7, 11) is 0. The van der Waals surface area contributed by atoms with E-state index in [-0.39, 0.29) is 46.2 Å². The van der Waals surface area contributed by atoms with E-state index in [0.717, 1.165) is 5.57 Å². The molecule has 4 heteroatoms. The number of ketones is 2. The predicted molar refractivity (Wildman–Crippen MR) is 81.7 cm³/mol. The van der Waals surface area contributed by atoms with Gasteiger partial charge in [0, 0.05) is 11.1 Å². The first-order valence-corrected chi connectivity index (χ1v) is 6.82. The zero-order chi connectivity index (χ0) is 15.9. The fourth-order valence-corrected chi connectivity index (χ4v) is 2.51. The standard InChI is InChI=1S/C18H14O4/c1-10(2)9-22-14-8-4-6-12-16(14)18(21)11-5-3-7-13(19)15(11)17(12)20/h3-8,19H,1,9H2,2H3. The van der Waals surface area contributed by atoms with Crippen molar-refractivity contribution >= 4 is 11.6 Å². The minimum absolute atomic E-state index is 0.0528. The molecule has 1 N–H and O–H groups in total. The lowest BCUT2D eigenvalue weighted by Crippen LogP contribution is -2.22. The maximum absolute atomic E-state index is 12.7. The highest BCUT2D eigenvalue weighted by molar-refractivity contribution is 6.30. The molecule has 4 nitrogen and oxygen atoms in total. The number of phenolic OH excluding ortho intramolecular Hbond substituents is 1. The van der Waals surface area contributed by atoms with Gasteiger partial charge in [0.05, 0.1) is 11.1 Å². The molecule has 3 rings (SSSR count). The summed E-state index contributed by atoms with van der Waals surface area (Å²) in [6.45, 7) is 5.84. The molecule has 2 aromatic carbocycles. The van der Waals surface area contributed by atoms with Gasteiger partial charge >= 0.3 is 0 Å². The number of ether oxygens (including phenoxy) is 1. The third-order valence-electron chi connectivity index (χ3n) is 3.49. The molecule has 0 saturated heterocycles. The smallest absolute Gasteiger partial charge is 0.198 e. The summed E-state index contributed by atoms with van der Waals surface area (Å²) >= 11 is 0. The molecule has 0 bridgehead atoms. The van der Waals surface area contributed by atoms with Crippen LogP contribution in [0.3, 0.4) is 0 Å². The van der Waals surface area contributed by atoms with Crippen LogP contribution in [0, 0.1) is 0 Å². The normalized spacial score (nSPS) is 12.6. The van der Waals surface area contributed by atoms with E-state index in [1.165, 1.54) is 12.1 Å². The minimum atomic E-state index is -0.372. The summed E-state index contributed by atoms with van der Waals surface area (Å²) < 4.78 is 5.59. The summed E-state index contributed by atoms with van der Waals surface area (Å²) in [5.74, 6) is -0.524. The van der Waals surface area contributed by atoms with Crippen molar-refractivity contribution in [3.63, 3.8) is 0 Å². The van der Waals surface area contributed by atoms with Gasteiger partial charge in [-0.3, -0.25) is 9.59 Å². The molecule has 0 unspecified atom stereocenters. The zero-order valence-electron chi connectivity index (χ0n) is 12.1. The van der Waals surface area contributed by atoms with Gasteiger partial charge in [-0.1, -0.05) is 30.8 Å². The Balaban J connectivity index is 2.17. The van der Waals surface area contributed by atoms with Crippen molar-refractivity contribution in [1.29, 1.82) is 0 Å². The Bertz CT molecular complexity index is 818. The number of hydrogen-bond acceptors (Lipinski definition) is 4. The Morgan fingerprint density at radius 2 is 1.64 bits per heavy atom. The SMILES string of the molecule is C=C(C)COc1cccc2c1C(=O)c1cccc(O)c1C2=O. The summed E-state index contributed by atoms with van der Waals surface area (Å²) in [6, 6.07) is 9.36. The van der Waals surface area contributed by atoms with Crippen LogP contribution in [0.1, 0.15) is 38.8 Å². The topological polar surface area (TPSA) is 63.6 Å². The summed E-state index contributed by atoms with van der Waals surface area (Å²) in [6.07, 6.45) is 0. The number of fused-ring (bicyclic) bond motifs is 2. The molecule has 0 amide bonds. The maximum atomic E-state index is 12.7. The van der Waals surface area contributed by atoms with Gasteiger partial charge in [-0.15, -0.1) is 0 Å². The molecular weight excluding hydrogens is 280 g/mol. The van der Waals surface area contributed by atoms with E-state index in [2.05, 4.69) is 6.58 Å². The molecular formula is C18H14O4. The average molecular weight is 294 g/mol. The van der Waals surface area contributed by atoms with Crippen molar-refractivity contribution in [1.82, 2.24) is 0 Å². The Morgan fingerprint density at radius 3 is 2.32 bits per heavy atom. The minimum Gasteiger partial charge on any atom is -0.507 e. The zero-order valence-corrected chi connectivity index (χ0v) is 12.1. The molecule has 0 aromatic heterocycles. The molecule has 0 aliphatic heterocycles. The van der Waals surface area contributed by atoms with Crippen LogP contribution in [0.25, 0.3) is 0 Å². The second-order valence-corrected chi connectivity index (χ2v) is 5.28. The van der Waals surface area contributed by atoms with Crippen molar-refractivity contribution < 1.29 is 19.4 Å². The maximum Gasteiger partial charge on any atom is 0.198 e. The van der Waals surface area contributed by atoms with Crippen LogP contribution in [0.5, 0.6) is 11.5 Å². The lowest BCUT2D eigenvalue weighted by Gasteiger charge is -2.20. The van der Waals surface area contributed by atoms with E-state index in [1.807, 2.05) is 6.92 Å². The van der Waals surface area contributed by atoms with Crippen molar-refractivity contribution in [2.75, 3.05) is 6.61 Å². The predicted octanol–water partition coefficient (Wildman–Crippen LogP) is 3.12. The Hall–Kier alpha value is -2.88.